The zero-order chi connectivity index (χ0) is 21.0. The Morgan fingerprint density at radius 2 is 1.76 bits per heavy atom. The van der Waals surface area contributed by atoms with Gasteiger partial charge >= 0.3 is 5.97 Å². The van der Waals surface area contributed by atoms with Crippen LogP contribution in [0.2, 0.25) is 0 Å². The van der Waals surface area contributed by atoms with E-state index in [4.69, 9.17) is 10.5 Å². The predicted molar refractivity (Wildman–Crippen MR) is 106 cm³/mol. The van der Waals surface area contributed by atoms with Crippen molar-refractivity contribution >= 4 is 29.4 Å². The lowest BCUT2D eigenvalue weighted by Gasteiger charge is -2.30. The van der Waals surface area contributed by atoms with Crippen molar-refractivity contribution in [3.63, 3.8) is 0 Å². The quantitative estimate of drug-likeness (QED) is 0.711. The van der Waals surface area contributed by atoms with Gasteiger partial charge < -0.3 is 20.3 Å². The van der Waals surface area contributed by atoms with Crippen LogP contribution in [0, 0.1) is 11.8 Å². The highest BCUT2D eigenvalue weighted by molar-refractivity contribution is 5.99. The molecular formula is C21H27N3O5. The number of carbonyl (C=O) groups is 4. The molecule has 0 saturated carbocycles. The molecule has 2 aliphatic rings. The summed E-state index contributed by atoms with van der Waals surface area (Å²) in [6, 6.07) is 7.69. The van der Waals surface area contributed by atoms with Gasteiger partial charge in [-0.2, -0.15) is 0 Å². The topological polar surface area (TPSA) is 110 Å². The van der Waals surface area contributed by atoms with Gasteiger partial charge in [-0.1, -0.05) is 19.1 Å². The number of nitrogens with zero attached hydrogens (tertiary/aromatic N) is 2. The van der Waals surface area contributed by atoms with Gasteiger partial charge in [0.1, 0.15) is 0 Å². The van der Waals surface area contributed by atoms with Crippen LogP contribution in [0.3, 0.4) is 0 Å². The fourth-order valence-electron chi connectivity index (χ4n) is 3.78. The molecule has 2 fully saturated rings. The molecule has 2 heterocycles. The summed E-state index contributed by atoms with van der Waals surface area (Å²) in [4.78, 5) is 51.3. The Hall–Kier alpha value is -2.90. The van der Waals surface area contributed by atoms with Crippen LogP contribution in [-0.2, 0) is 30.3 Å². The highest BCUT2D eigenvalue weighted by Crippen LogP contribution is 2.26. The standard InChI is InChI=1S/C21H27N3O5/c1-2-14-3-5-17(6-4-14)24-12-16(11-18(24)25)21(28)29-13-19(26)23-9-7-15(8-10-23)20(22)27/h3-6,15-16H,2,7-13H2,1H3,(H2,22,27)/t16-/m0/s1. The minimum Gasteiger partial charge on any atom is -0.455 e. The lowest BCUT2D eigenvalue weighted by molar-refractivity contribution is -0.155. The summed E-state index contributed by atoms with van der Waals surface area (Å²) in [5, 5.41) is 0. The number of rotatable bonds is 6. The molecule has 0 aromatic heterocycles. The van der Waals surface area contributed by atoms with Crippen molar-refractivity contribution in [1.29, 1.82) is 0 Å². The molecule has 8 heteroatoms. The first-order valence-electron chi connectivity index (χ1n) is 10.0. The van der Waals surface area contributed by atoms with Crippen LogP contribution in [0.1, 0.15) is 31.7 Å². The molecule has 3 amide bonds. The summed E-state index contributed by atoms with van der Waals surface area (Å²) >= 11 is 0. The van der Waals surface area contributed by atoms with Crippen molar-refractivity contribution in [3.05, 3.63) is 29.8 Å². The number of nitrogens with two attached hydrogens (primary N) is 1. The number of ether oxygens (including phenoxy) is 1. The molecule has 0 aliphatic carbocycles. The Kier molecular flexibility index (Phi) is 6.51. The average Bonchev–Trinajstić information content (AvgIpc) is 3.13. The number of amides is 3. The smallest absolute Gasteiger partial charge is 0.311 e. The second-order valence-corrected chi connectivity index (χ2v) is 7.59. The van der Waals surface area contributed by atoms with Crippen LogP contribution in [0.4, 0.5) is 5.69 Å². The van der Waals surface area contributed by atoms with Crippen molar-refractivity contribution in [2.75, 3.05) is 31.1 Å². The van der Waals surface area contributed by atoms with Crippen LogP contribution in [-0.4, -0.2) is 54.8 Å². The molecule has 0 spiro atoms. The van der Waals surface area contributed by atoms with Gasteiger partial charge in [0.2, 0.25) is 11.8 Å². The van der Waals surface area contributed by atoms with E-state index in [0.29, 0.717) is 25.9 Å². The third-order valence-corrected chi connectivity index (χ3v) is 5.70. The molecule has 2 N–H and O–H groups in total. The Bertz CT molecular complexity index is 784. The SMILES string of the molecule is CCc1ccc(N2C[C@@H](C(=O)OCC(=O)N3CCC(C(N)=O)CC3)CC2=O)cc1. The third kappa shape index (κ3) is 4.93. The fourth-order valence-corrected chi connectivity index (χ4v) is 3.78. The summed E-state index contributed by atoms with van der Waals surface area (Å²) in [6.45, 7) is 2.81. The Morgan fingerprint density at radius 3 is 2.34 bits per heavy atom. The second kappa shape index (κ2) is 9.07. The molecule has 2 aliphatic heterocycles. The lowest BCUT2D eigenvalue weighted by atomic mass is 9.96. The first kappa shape index (κ1) is 20.8. The molecule has 3 rings (SSSR count). The number of carbonyl (C=O) groups excluding carboxylic acids is 4. The monoisotopic (exact) mass is 401 g/mol. The van der Waals surface area contributed by atoms with Gasteiger partial charge in [0, 0.05) is 37.7 Å². The van der Waals surface area contributed by atoms with Crippen molar-refractivity contribution in [3.8, 4) is 0 Å². The van der Waals surface area contributed by atoms with E-state index >= 15 is 0 Å². The first-order valence-corrected chi connectivity index (χ1v) is 10.0. The molecule has 0 unspecified atom stereocenters. The van der Waals surface area contributed by atoms with Crippen LogP contribution in [0.15, 0.2) is 24.3 Å². The molecule has 0 bridgehead atoms. The number of anilines is 1. The van der Waals surface area contributed by atoms with Gasteiger partial charge in [-0.3, -0.25) is 19.2 Å². The number of hydrogen-bond acceptors (Lipinski definition) is 5. The van der Waals surface area contributed by atoms with Crippen molar-refractivity contribution in [2.45, 2.75) is 32.6 Å². The van der Waals surface area contributed by atoms with E-state index in [0.717, 1.165) is 12.1 Å². The van der Waals surface area contributed by atoms with Crippen molar-refractivity contribution in [2.24, 2.45) is 17.6 Å². The van der Waals surface area contributed by atoms with Crippen LogP contribution < -0.4 is 10.6 Å². The number of primary amides is 1. The van der Waals surface area contributed by atoms with Gasteiger partial charge in [-0.15, -0.1) is 0 Å². The molecule has 0 radical (unpaired) electrons. The number of esters is 1. The van der Waals surface area contributed by atoms with E-state index in [1.54, 1.807) is 9.80 Å². The van der Waals surface area contributed by atoms with Gasteiger partial charge in [0.15, 0.2) is 6.61 Å². The zero-order valence-corrected chi connectivity index (χ0v) is 16.6. The number of aryl methyl sites for hydroxylation is 1. The molecule has 1 aromatic carbocycles. The number of likely N-dealkylation sites (tertiary alicyclic amines) is 1. The van der Waals surface area contributed by atoms with Gasteiger partial charge in [0.25, 0.3) is 5.91 Å². The molecule has 1 atom stereocenters. The lowest BCUT2D eigenvalue weighted by Crippen LogP contribution is -2.43. The van der Waals surface area contributed by atoms with Crippen LogP contribution in [0.5, 0.6) is 0 Å². The summed E-state index contributed by atoms with van der Waals surface area (Å²) in [6.07, 6.45) is 2.04. The van der Waals surface area contributed by atoms with Gasteiger partial charge in [0.05, 0.1) is 5.92 Å². The first-order chi connectivity index (χ1) is 13.9. The number of hydrogen-bond donors (Lipinski definition) is 1. The molecular weight excluding hydrogens is 374 g/mol. The maximum Gasteiger partial charge on any atom is 0.311 e. The number of benzene rings is 1. The van der Waals surface area contributed by atoms with Gasteiger partial charge in [-0.25, -0.2) is 0 Å². The maximum absolute atomic E-state index is 12.4. The van der Waals surface area contributed by atoms with Crippen LogP contribution >= 0.6 is 0 Å². The molecule has 8 nitrogen and oxygen atoms in total. The van der Waals surface area contributed by atoms with Crippen molar-refractivity contribution < 1.29 is 23.9 Å². The van der Waals surface area contributed by atoms with Crippen LogP contribution in [0.25, 0.3) is 0 Å². The molecule has 29 heavy (non-hydrogen) atoms. The highest BCUT2D eigenvalue weighted by Gasteiger charge is 2.36. The normalized spacial score (nSPS) is 20.0. The van der Waals surface area contributed by atoms with E-state index in [2.05, 4.69) is 6.92 Å². The van der Waals surface area contributed by atoms with E-state index in [1.165, 1.54) is 5.56 Å². The largest absolute Gasteiger partial charge is 0.455 e. The summed E-state index contributed by atoms with van der Waals surface area (Å²) in [5.74, 6) is -2.09. The van der Waals surface area contributed by atoms with E-state index in [1.807, 2.05) is 24.3 Å². The summed E-state index contributed by atoms with van der Waals surface area (Å²) < 4.78 is 5.18. The van der Waals surface area contributed by atoms with Gasteiger partial charge in [-0.05, 0) is 37.0 Å². The minimum absolute atomic E-state index is 0.0760. The summed E-state index contributed by atoms with van der Waals surface area (Å²) in [7, 11) is 0. The average molecular weight is 401 g/mol. The van der Waals surface area contributed by atoms with Crippen molar-refractivity contribution in [1.82, 2.24) is 4.90 Å². The predicted octanol–water partition coefficient (Wildman–Crippen LogP) is 0.869. The maximum atomic E-state index is 12.4. The Morgan fingerprint density at radius 1 is 1.10 bits per heavy atom. The third-order valence-electron chi connectivity index (χ3n) is 5.70. The molecule has 1 aromatic rings. The van der Waals surface area contributed by atoms with E-state index in [-0.39, 0.29) is 43.2 Å². The zero-order valence-electron chi connectivity index (χ0n) is 16.6. The van der Waals surface area contributed by atoms with E-state index < -0.39 is 11.9 Å². The second-order valence-electron chi connectivity index (χ2n) is 7.59. The van der Waals surface area contributed by atoms with E-state index in [9.17, 15) is 19.2 Å². The Balaban J connectivity index is 1.48. The number of piperidine rings is 1. The molecule has 156 valence electrons. The fraction of sp³-hybridized carbons (Fsp3) is 0.524. The highest BCUT2D eigenvalue weighted by atomic mass is 16.5. The summed E-state index contributed by atoms with van der Waals surface area (Å²) in [5.41, 5.74) is 7.23. The minimum atomic E-state index is -0.582. The Labute approximate surface area is 170 Å². The molecule has 2 saturated heterocycles.